The third kappa shape index (κ3) is 4.83. The van der Waals surface area contributed by atoms with Crippen LogP contribution in [-0.2, 0) is 4.79 Å². The van der Waals surface area contributed by atoms with Gasteiger partial charge in [0.1, 0.15) is 18.4 Å². The van der Waals surface area contributed by atoms with E-state index in [1.54, 1.807) is 0 Å². The average Bonchev–Trinajstić information content (AvgIpc) is 3.18. The summed E-state index contributed by atoms with van der Waals surface area (Å²) < 4.78 is 5.77. The highest BCUT2D eigenvalue weighted by Gasteiger charge is 2.27. The highest BCUT2D eigenvalue weighted by atomic mass is 16.5. The van der Waals surface area contributed by atoms with E-state index < -0.39 is 0 Å². The zero-order valence-electron chi connectivity index (χ0n) is 14.8. The van der Waals surface area contributed by atoms with Gasteiger partial charge < -0.3 is 9.64 Å². The van der Waals surface area contributed by atoms with Gasteiger partial charge in [-0.2, -0.15) is 0 Å². The van der Waals surface area contributed by atoms with Crippen LogP contribution in [-0.4, -0.2) is 37.0 Å². The summed E-state index contributed by atoms with van der Waals surface area (Å²) in [5, 5.41) is 3.38. The Bertz CT molecular complexity index is 664. The van der Waals surface area contributed by atoms with Crippen molar-refractivity contribution in [3.8, 4) is 5.75 Å². The van der Waals surface area contributed by atoms with Gasteiger partial charge in [0, 0.05) is 19.6 Å². The molecule has 1 atom stereocenters. The lowest BCUT2D eigenvalue weighted by atomic mass is 10.1. The average molecular weight is 338 g/mol. The first-order valence-corrected chi connectivity index (χ1v) is 9.00. The number of carbonyl (C=O) groups is 1. The largest absolute Gasteiger partial charge is 0.492 e. The van der Waals surface area contributed by atoms with E-state index in [4.69, 9.17) is 4.74 Å². The van der Waals surface area contributed by atoms with Crippen molar-refractivity contribution in [1.82, 2.24) is 10.2 Å². The van der Waals surface area contributed by atoms with Crippen LogP contribution >= 0.6 is 0 Å². The van der Waals surface area contributed by atoms with Gasteiger partial charge >= 0.3 is 0 Å². The molecule has 1 amide bonds. The van der Waals surface area contributed by atoms with Crippen molar-refractivity contribution < 1.29 is 9.53 Å². The highest BCUT2D eigenvalue weighted by Crippen LogP contribution is 2.19. The van der Waals surface area contributed by atoms with E-state index in [1.165, 1.54) is 5.56 Å². The molecule has 3 rings (SSSR count). The summed E-state index contributed by atoms with van der Waals surface area (Å²) in [4.78, 5) is 14.8. The maximum atomic E-state index is 12.9. The van der Waals surface area contributed by atoms with E-state index >= 15 is 0 Å². The molecule has 0 saturated carbocycles. The van der Waals surface area contributed by atoms with Crippen molar-refractivity contribution in [3.05, 3.63) is 65.7 Å². The molecule has 1 saturated heterocycles. The van der Waals surface area contributed by atoms with Gasteiger partial charge in [0.25, 0.3) is 0 Å². The van der Waals surface area contributed by atoms with E-state index in [-0.39, 0.29) is 11.9 Å². The van der Waals surface area contributed by atoms with Crippen LogP contribution in [0.4, 0.5) is 0 Å². The van der Waals surface area contributed by atoms with E-state index in [2.05, 4.69) is 12.2 Å². The van der Waals surface area contributed by atoms with E-state index in [0.717, 1.165) is 37.2 Å². The number of nitrogens with one attached hydrogen (secondary N) is 1. The fraction of sp³-hybridized carbons (Fsp3) is 0.381. The first kappa shape index (κ1) is 17.5. The molecule has 1 unspecified atom stereocenters. The summed E-state index contributed by atoms with van der Waals surface area (Å²) in [7, 11) is 0. The Labute approximate surface area is 149 Å². The van der Waals surface area contributed by atoms with Crippen LogP contribution in [0.1, 0.15) is 30.0 Å². The molecule has 0 aliphatic carbocycles. The summed E-state index contributed by atoms with van der Waals surface area (Å²) in [6.45, 7) is 4.93. The minimum Gasteiger partial charge on any atom is -0.492 e. The van der Waals surface area contributed by atoms with Crippen molar-refractivity contribution >= 4 is 5.91 Å². The van der Waals surface area contributed by atoms with Gasteiger partial charge in [-0.05, 0) is 37.5 Å². The fourth-order valence-electron chi connectivity index (χ4n) is 3.12. The number of benzene rings is 2. The molecule has 1 fully saturated rings. The maximum Gasteiger partial charge on any atom is 0.244 e. The molecular weight excluding hydrogens is 312 g/mol. The minimum atomic E-state index is -0.305. The Hall–Kier alpha value is -2.33. The topological polar surface area (TPSA) is 41.6 Å². The van der Waals surface area contributed by atoms with Crippen molar-refractivity contribution in [2.24, 2.45) is 0 Å². The summed E-state index contributed by atoms with van der Waals surface area (Å²) in [6.07, 6.45) is 2.20. The normalized spacial score (nSPS) is 15.2. The second kappa shape index (κ2) is 8.67. The Balaban J connectivity index is 1.57. The summed E-state index contributed by atoms with van der Waals surface area (Å²) in [5.74, 6) is 1.02. The number of hydrogen-bond donors (Lipinski definition) is 1. The molecule has 0 aromatic heterocycles. The Morgan fingerprint density at radius 2 is 1.76 bits per heavy atom. The second-order valence-corrected chi connectivity index (χ2v) is 6.49. The zero-order chi connectivity index (χ0) is 17.5. The van der Waals surface area contributed by atoms with Gasteiger partial charge in [0.05, 0.1) is 0 Å². The van der Waals surface area contributed by atoms with Crippen molar-refractivity contribution in [2.45, 2.75) is 25.8 Å². The van der Waals surface area contributed by atoms with Crippen LogP contribution in [0.5, 0.6) is 5.75 Å². The maximum absolute atomic E-state index is 12.9. The van der Waals surface area contributed by atoms with Gasteiger partial charge in [-0.3, -0.25) is 10.1 Å². The third-order valence-corrected chi connectivity index (χ3v) is 4.54. The SMILES string of the molecule is Cc1ccc(OCCNC(C(=O)N2CCCC2)c2ccccc2)cc1. The Morgan fingerprint density at radius 3 is 2.44 bits per heavy atom. The highest BCUT2D eigenvalue weighted by molar-refractivity contribution is 5.83. The van der Waals surface area contributed by atoms with E-state index in [0.29, 0.717) is 13.2 Å². The quantitative estimate of drug-likeness (QED) is 0.788. The molecular formula is C21H26N2O2. The molecule has 0 spiro atoms. The first-order chi connectivity index (χ1) is 12.2. The monoisotopic (exact) mass is 338 g/mol. The van der Waals surface area contributed by atoms with E-state index in [9.17, 15) is 4.79 Å². The number of hydrogen-bond acceptors (Lipinski definition) is 3. The van der Waals surface area contributed by atoms with Gasteiger partial charge in [-0.25, -0.2) is 0 Å². The third-order valence-electron chi connectivity index (χ3n) is 4.54. The van der Waals surface area contributed by atoms with Crippen LogP contribution in [0.3, 0.4) is 0 Å². The lowest BCUT2D eigenvalue weighted by Crippen LogP contribution is -2.40. The van der Waals surface area contributed by atoms with Crippen molar-refractivity contribution in [1.29, 1.82) is 0 Å². The zero-order valence-corrected chi connectivity index (χ0v) is 14.8. The van der Waals surface area contributed by atoms with Crippen LogP contribution in [0, 0.1) is 6.92 Å². The molecule has 1 N–H and O–H groups in total. The molecule has 1 heterocycles. The van der Waals surface area contributed by atoms with Crippen LogP contribution in [0.15, 0.2) is 54.6 Å². The number of amides is 1. The standard InChI is InChI=1S/C21H26N2O2/c1-17-9-11-19(12-10-17)25-16-13-22-20(18-7-3-2-4-8-18)21(24)23-14-5-6-15-23/h2-4,7-12,20,22H,5-6,13-16H2,1H3. The number of rotatable bonds is 7. The molecule has 4 nitrogen and oxygen atoms in total. The van der Waals surface area contributed by atoms with Crippen LogP contribution in [0.25, 0.3) is 0 Å². The molecule has 132 valence electrons. The van der Waals surface area contributed by atoms with Crippen LogP contribution in [0.2, 0.25) is 0 Å². The smallest absolute Gasteiger partial charge is 0.244 e. The molecule has 1 aliphatic rings. The lowest BCUT2D eigenvalue weighted by molar-refractivity contribution is -0.132. The number of likely N-dealkylation sites (tertiary alicyclic amines) is 1. The van der Waals surface area contributed by atoms with Gasteiger partial charge in [0.2, 0.25) is 5.91 Å². The first-order valence-electron chi connectivity index (χ1n) is 9.00. The predicted octanol–water partition coefficient (Wildman–Crippen LogP) is 3.33. The Kier molecular flexibility index (Phi) is 6.07. The fourth-order valence-corrected chi connectivity index (χ4v) is 3.12. The molecule has 25 heavy (non-hydrogen) atoms. The molecule has 0 bridgehead atoms. The summed E-state index contributed by atoms with van der Waals surface area (Å²) >= 11 is 0. The molecule has 0 radical (unpaired) electrons. The van der Waals surface area contributed by atoms with Gasteiger partial charge in [0.15, 0.2) is 0 Å². The lowest BCUT2D eigenvalue weighted by Gasteiger charge is -2.24. The van der Waals surface area contributed by atoms with E-state index in [1.807, 2.05) is 59.5 Å². The Morgan fingerprint density at radius 1 is 1.08 bits per heavy atom. The predicted molar refractivity (Wildman–Crippen MR) is 99.7 cm³/mol. The van der Waals surface area contributed by atoms with Crippen molar-refractivity contribution in [2.75, 3.05) is 26.2 Å². The summed E-state index contributed by atoms with van der Waals surface area (Å²) in [5.41, 5.74) is 2.22. The minimum absolute atomic E-state index is 0.166. The molecule has 2 aromatic carbocycles. The number of nitrogens with zero attached hydrogens (tertiary/aromatic N) is 1. The summed E-state index contributed by atoms with van der Waals surface area (Å²) in [6, 6.07) is 17.6. The molecule has 4 heteroatoms. The van der Waals surface area contributed by atoms with Crippen LogP contribution < -0.4 is 10.1 Å². The van der Waals surface area contributed by atoms with Gasteiger partial charge in [-0.1, -0.05) is 48.0 Å². The van der Waals surface area contributed by atoms with Gasteiger partial charge in [-0.15, -0.1) is 0 Å². The number of ether oxygens (including phenoxy) is 1. The van der Waals surface area contributed by atoms with Crippen molar-refractivity contribution in [3.63, 3.8) is 0 Å². The number of aryl methyl sites for hydroxylation is 1. The second-order valence-electron chi connectivity index (χ2n) is 6.49. The molecule has 1 aliphatic heterocycles. The number of carbonyl (C=O) groups excluding carboxylic acids is 1. The molecule has 2 aromatic rings.